The van der Waals surface area contributed by atoms with Gasteiger partial charge in [0, 0.05) is 26.2 Å². The highest BCUT2D eigenvalue weighted by Gasteiger charge is 2.33. The lowest BCUT2D eigenvalue weighted by Gasteiger charge is -2.12. The number of benzene rings is 1. The molecule has 0 heterocycles. The Kier molecular flexibility index (Phi) is 8.03. The van der Waals surface area contributed by atoms with E-state index >= 15 is 0 Å². The molecule has 0 aromatic heterocycles. The molecule has 0 spiro atoms. The Hall–Kier alpha value is -0.820. The van der Waals surface area contributed by atoms with Gasteiger partial charge in [0.2, 0.25) is 0 Å². The van der Waals surface area contributed by atoms with Crippen LogP contribution in [0, 0.1) is 5.92 Å². The Labute approximate surface area is 144 Å². The monoisotopic (exact) mass is 403 g/mol. The van der Waals surface area contributed by atoms with E-state index in [2.05, 4.69) is 46.8 Å². The predicted molar refractivity (Wildman–Crippen MR) is 98.1 cm³/mol. The molecule has 1 aliphatic rings. The van der Waals surface area contributed by atoms with Crippen molar-refractivity contribution in [2.45, 2.75) is 39.5 Å². The highest BCUT2D eigenvalue weighted by Crippen LogP contribution is 2.28. The molecule has 0 aliphatic heterocycles. The molecule has 1 aliphatic carbocycles. The van der Waals surface area contributed by atoms with Gasteiger partial charge in [-0.25, -0.2) is 0 Å². The van der Waals surface area contributed by atoms with Crippen LogP contribution >= 0.6 is 24.0 Å². The third-order valence-electron chi connectivity index (χ3n) is 3.61. The van der Waals surface area contributed by atoms with Gasteiger partial charge < -0.3 is 15.4 Å². The van der Waals surface area contributed by atoms with Crippen molar-refractivity contribution in [3.8, 4) is 0 Å². The first-order chi connectivity index (χ1) is 9.72. The van der Waals surface area contributed by atoms with E-state index in [0.29, 0.717) is 12.6 Å². The molecule has 0 bridgehead atoms. The second-order valence-electron chi connectivity index (χ2n) is 5.34. The third kappa shape index (κ3) is 6.22. The van der Waals surface area contributed by atoms with Crippen LogP contribution in [0.1, 0.15) is 31.4 Å². The summed E-state index contributed by atoms with van der Waals surface area (Å²) in [6.07, 6.45) is 1.24. The Morgan fingerprint density at radius 3 is 2.43 bits per heavy atom. The Morgan fingerprint density at radius 2 is 1.90 bits per heavy atom. The molecule has 0 radical (unpaired) electrons. The van der Waals surface area contributed by atoms with Gasteiger partial charge in [-0.1, -0.05) is 31.2 Å². The second-order valence-corrected chi connectivity index (χ2v) is 5.34. The van der Waals surface area contributed by atoms with Crippen LogP contribution in [-0.4, -0.2) is 25.7 Å². The van der Waals surface area contributed by atoms with E-state index in [4.69, 9.17) is 4.74 Å². The van der Waals surface area contributed by atoms with Crippen molar-refractivity contribution < 1.29 is 4.74 Å². The minimum atomic E-state index is 0. The fourth-order valence-electron chi connectivity index (χ4n) is 2.05. The molecule has 5 heteroatoms. The number of ether oxygens (including phenoxy) is 1. The summed E-state index contributed by atoms with van der Waals surface area (Å²) in [6, 6.07) is 9.09. The lowest BCUT2D eigenvalue weighted by Crippen LogP contribution is -2.38. The minimum absolute atomic E-state index is 0. The zero-order valence-electron chi connectivity index (χ0n) is 13.1. The van der Waals surface area contributed by atoms with E-state index in [9.17, 15) is 0 Å². The van der Waals surface area contributed by atoms with Crippen LogP contribution in [0.4, 0.5) is 0 Å². The maximum atomic E-state index is 5.39. The molecule has 21 heavy (non-hydrogen) atoms. The third-order valence-corrected chi connectivity index (χ3v) is 3.61. The summed E-state index contributed by atoms with van der Waals surface area (Å²) < 4.78 is 5.39. The summed E-state index contributed by atoms with van der Waals surface area (Å²) in [7, 11) is 1.81. The van der Waals surface area contributed by atoms with Crippen LogP contribution in [0.5, 0.6) is 0 Å². The summed E-state index contributed by atoms with van der Waals surface area (Å²) in [6.45, 7) is 6.49. The van der Waals surface area contributed by atoms with Gasteiger partial charge in [-0.15, -0.1) is 24.0 Å². The summed E-state index contributed by atoms with van der Waals surface area (Å²) in [5.41, 5.74) is 2.46. The first-order valence-corrected chi connectivity index (χ1v) is 7.35. The van der Waals surface area contributed by atoms with E-state index in [1.165, 1.54) is 17.5 Å². The molecular weight excluding hydrogens is 377 g/mol. The van der Waals surface area contributed by atoms with Gasteiger partial charge in [0.15, 0.2) is 5.96 Å². The molecule has 2 unspecified atom stereocenters. The largest absolute Gasteiger partial charge is 0.377 e. The SMILES string of the molecule is CCOCc1ccc(CNC(=NC)NC2CC2C)cc1.I. The lowest BCUT2D eigenvalue weighted by atomic mass is 10.1. The Morgan fingerprint density at radius 1 is 1.29 bits per heavy atom. The summed E-state index contributed by atoms with van der Waals surface area (Å²) in [5.74, 6) is 1.66. The Balaban J connectivity index is 0.00000220. The normalized spacial score (nSPS) is 20.6. The average molecular weight is 403 g/mol. The predicted octanol–water partition coefficient (Wildman–Crippen LogP) is 2.91. The number of rotatable bonds is 6. The molecule has 4 nitrogen and oxygen atoms in total. The topological polar surface area (TPSA) is 45.6 Å². The van der Waals surface area contributed by atoms with E-state index in [0.717, 1.165) is 25.0 Å². The summed E-state index contributed by atoms with van der Waals surface area (Å²) in [4.78, 5) is 4.25. The number of hydrogen-bond acceptors (Lipinski definition) is 2. The molecule has 1 fully saturated rings. The van der Waals surface area contributed by atoms with Crippen molar-refractivity contribution in [3.05, 3.63) is 35.4 Å². The van der Waals surface area contributed by atoms with Crippen molar-refractivity contribution in [1.82, 2.24) is 10.6 Å². The van der Waals surface area contributed by atoms with Gasteiger partial charge in [-0.05, 0) is 30.4 Å². The molecule has 0 saturated heterocycles. The van der Waals surface area contributed by atoms with Crippen molar-refractivity contribution in [1.29, 1.82) is 0 Å². The molecule has 1 aromatic rings. The van der Waals surface area contributed by atoms with Gasteiger partial charge in [0.1, 0.15) is 0 Å². The zero-order valence-corrected chi connectivity index (χ0v) is 15.4. The first-order valence-electron chi connectivity index (χ1n) is 7.35. The van der Waals surface area contributed by atoms with Crippen molar-refractivity contribution in [2.75, 3.05) is 13.7 Å². The smallest absolute Gasteiger partial charge is 0.191 e. The van der Waals surface area contributed by atoms with Gasteiger partial charge in [-0.3, -0.25) is 4.99 Å². The van der Waals surface area contributed by atoms with Gasteiger partial charge in [-0.2, -0.15) is 0 Å². The van der Waals surface area contributed by atoms with Crippen LogP contribution in [0.3, 0.4) is 0 Å². The highest BCUT2D eigenvalue weighted by atomic mass is 127. The quantitative estimate of drug-likeness (QED) is 0.436. The fourth-order valence-corrected chi connectivity index (χ4v) is 2.05. The Bertz CT molecular complexity index is 447. The highest BCUT2D eigenvalue weighted by molar-refractivity contribution is 14.0. The van der Waals surface area contributed by atoms with E-state index in [1.54, 1.807) is 0 Å². The molecule has 2 rings (SSSR count). The minimum Gasteiger partial charge on any atom is -0.377 e. The van der Waals surface area contributed by atoms with Gasteiger partial charge in [0.05, 0.1) is 6.61 Å². The van der Waals surface area contributed by atoms with Gasteiger partial charge >= 0.3 is 0 Å². The molecule has 2 atom stereocenters. The number of hydrogen-bond donors (Lipinski definition) is 2. The lowest BCUT2D eigenvalue weighted by molar-refractivity contribution is 0.134. The summed E-state index contributed by atoms with van der Waals surface area (Å²) in [5, 5.41) is 6.77. The summed E-state index contributed by atoms with van der Waals surface area (Å²) >= 11 is 0. The van der Waals surface area contributed by atoms with E-state index in [-0.39, 0.29) is 24.0 Å². The molecular formula is C16H26IN3O. The average Bonchev–Trinajstić information content (AvgIpc) is 3.17. The maximum absolute atomic E-state index is 5.39. The number of nitrogens with zero attached hydrogens (tertiary/aromatic N) is 1. The number of aliphatic imine (C=N–C) groups is 1. The van der Waals surface area contributed by atoms with Crippen LogP contribution in [0.15, 0.2) is 29.3 Å². The second kappa shape index (κ2) is 9.25. The van der Waals surface area contributed by atoms with Crippen LogP contribution < -0.4 is 10.6 Å². The number of halogens is 1. The van der Waals surface area contributed by atoms with Gasteiger partial charge in [0.25, 0.3) is 0 Å². The van der Waals surface area contributed by atoms with Crippen molar-refractivity contribution in [3.63, 3.8) is 0 Å². The molecule has 1 saturated carbocycles. The van der Waals surface area contributed by atoms with Crippen LogP contribution in [0.2, 0.25) is 0 Å². The van der Waals surface area contributed by atoms with Crippen LogP contribution in [0.25, 0.3) is 0 Å². The van der Waals surface area contributed by atoms with E-state index < -0.39 is 0 Å². The first kappa shape index (κ1) is 18.2. The van der Waals surface area contributed by atoms with E-state index in [1.807, 2.05) is 14.0 Å². The molecule has 118 valence electrons. The number of guanidine groups is 1. The molecule has 0 amide bonds. The van der Waals surface area contributed by atoms with Crippen molar-refractivity contribution in [2.24, 2.45) is 10.9 Å². The van der Waals surface area contributed by atoms with Crippen molar-refractivity contribution >= 4 is 29.9 Å². The number of nitrogens with one attached hydrogen (secondary N) is 2. The molecule has 1 aromatic carbocycles. The maximum Gasteiger partial charge on any atom is 0.191 e. The van der Waals surface area contributed by atoms with Crippen LogP contribution in [-0.2, 0) is 17.9 Å². The molecule has 2 N–H and O–H groups in total. The fraction of sp³-hybridized carbons (Fsp3) is 0.562. The standard InChI is InChI=1S/C16H25N3O.HI/c1-4-20-11-14-7-5-13(6-8-14)10-18-16(17-3)19-15-9-12(15)2;/h5-8,12,15H,4,9-11H2,1-3H3,(H2,17,18,19);1H. The zero-order chi connectivity index (χ0) is 14.4.